The maximum atomic E-state index is 11.8. The van der Waals surface area contributed by atoms with Crippen LogP contribution in [0.3, 0.4) is 0 Å². The first-order valence-electron chi connectivity index (χ1n) is 6.22. The molecule has 4 bridgehead atoms. The second kappa shape index (κ2) is 2.88. The van der Waals surface area contributed by atoms with Crippen LogP contribution in [0.4, 0.5) is 0 Å². The molecule has 1 aromatic rings. The average molecular weight is 226 g/mol. The molecule has 0 radical (unpaired) electrons. The standard InChI is InChI=1S/C15H14O2/c16-13-7-6-11-12-8-10(13)14(17)15(11,12)9-4-2-1-3-5-9/h1-7,10-12,14,17H,8H2/t10-,11-,12+,14-,15-/m1/s1. The fourth-order valence-corrected chi connectivity index (χ4v) is 4.20. The van der Waals surface area contributed by atoms with Crippen molar-refractivity contribution in [3.05, 3.63) is 48.0 Å². The maximum absolute atomic E-state index is 11.8. The van der Waals surface area contributed by atoms with Gasteiger partial charge in [-0.25, -0.2) is 0 Å². The third-order valence-electron chi connectivity index (χ3n) is 4.97. The van der Waals surface area contributed by atoms with E-state index < -0.39 is 6.10 Å². The fourth-order valence-electron chi connectivity index (χ4n) is 4.20. The van der Waals surface area contributed by atoms with Crippen LogP contribution in [0.15, 0.2) is 42.5 Å². The third-order valence-corrected chi connectivity index (χ3v) is 4.97. The lowest BCUT2D eigenvalue weighted by Gasteiger charge is -2.23. The number of carbonyl (C=O) groups is 1. The van der Waals surface area contributed by atoms with Gasteiger partial charge in [-0.05, 0) is 29.9 Å². The van der Waals surface area contributed by atoms with Crippen LogP contribution in [-0.4, -0.2) is 17.0 Å². The van der Waals surface area contributed by atoms with Gasteiger partial charge in [0, 0.05) is 11.3 Å². The molecule has 4 aliphatic rings. The second-order valence-corrected chi connectivity index (χ2v) is 5.48. The Morgan fingerprint density at radius 3 is 2.76 bits per heavy atom. The first-order chi connectivity index (χ1) is 8.26. The number of benzene rings is 1. The number of carbonyl (C=O) groups excluding carboxylic acids is 1. The molecule has 1 N–H and O–H groups in total. The minimum Gasteiger partial charge on any atom is -0.391 e. The highest BCUT2D eigenvalue weighted by Crippen LogP contribution is 2.72. The van der Waals surface area contributed by atoms with Gasteiger partial charge in [-0.15, -0.1) is 0 Å². The van der Waals surface area contributed by atoms with E-state index in [0.717, 1.165) is 6.42 Å². The number of hydrogen-bond donors (Lipinski definition) is 1. The third kappa shape index (κ3) is 0.940. The Morgan fingerprint density at radius 1 is 1.24 bits per heavy atom. The van der Waals surface area contributed by atoms with E-state index >= 15 is 0 Å². The van der Waals surface area contributed by atoms with Crippen molar-refractivity contribution in [3.8, 4) is 0 Å². The number of allylic oxidation sites excluding steroid dienone is 2. The minimum absolute atomic E-state index is 0.111. The van der Waals surface area contributed by atoms with Crippen molar-refractivity contribution in [2.45, 2.75) is 17.9 Å². The van der Waals surface area contributed by atoms with Gasteiger partial charge in [0.2, 0.25) is 0 Å². The zero-order chi connectivity index (χ0) is 11.6. The van der Waals surface area contributed by atoms with E-state index in [1.165, 1.54) is 5.56 Å². The van der Waals surface area contributed by atoms with E-state index in [9.17, 15) is 9.90 Å². The van der Waals surface area contributed by atoms with Gasteiger partial charge in [0.05, 0.1) is 6.10 Å². The van der Waals surface area contributed by atoms with Crippen LogP contribution < -0.4 is 0 Å². The molecule has 4 aliphatic carbocycles. The molecule has 2 saturated carbocycles. The Hall–Kier alpha value is -1.41. The Morgan fingerprint density at radius 2 is 2.00 bits per heavy atom. The predicted molar refractivity (Wildman–Crippen MR) is 63.4 cm³/mol. The molecule has 2 fully saturated rings. The van der Waals surface area contributed by atoms with Crippen LogP contribution in [0.5, 0.6) is 0 Å². The molecule has 5 rings (SSSR count). The summed E-state index contributed by atoms with van der Waals surface area (Å²) in [6.07, 6.45) is 4.07. The van der Waals surface area contributed by atoms with Crippen molar-refractivity contribution in [2.24, 2.45) is 17.8 Å². The Kier molecular flexibility index (Phi) is 1.63. The number of fused-ring (bicyclic) bond motifs is 1. The molecule has 0 spiro atoms. The van der Waals surface area contributed by atoms with Crippen molar-refractivity contribution in [1.29, 1.82) is 0 Å². The minimum atomic E-state index is -0.498. The molecule has 0 aliphatic heterocycles. The summed E-state index contributed by atoms with van der Waals surface area (Å²) in [5, 5.41) is 10.5. The lowest BCUT2D eigenvalue weighted by atomic mass is 9.85. The molecule has 86 valence electrons. The van der Waals surface area contributed by atoms with E-state index in [-0.39, 0.29) is 17.1 Å². The molecule has 5 atom stereocenters. The first kappa shape index (κ1) is 9.60. The summed E-state index contributed by atoms with van der Waals surface area (Å²) in [5.41, 5.74) is 1.04. The summed E-state index contributed by atoms with van der Waals surface area (Å²) < 4.78 is 0. The fraction of sp³-hybridized carbons (Fsp3) is 0.400. The van der Waals surface area contributed by atoms with Crippen LogP contribution in [0.25, 0.3) is 0 Å². The highest BCUT2D eigenvalue weighted by atomic mass is 16.3. The summed E-state index contributed by atoms with van der Waals surface area (Å²) >= 11 is 0. The summed E-state index contributed by atoms with van der Waals surface area (Å²) in [6.45, 7) is 0. The van der Waals surface area contributed by atoms with E-state index in [1.807, 2.05) is 24.3 Å². The molecule has 0 saturated heterocycles. The topological polar surface area (TPSA) is 37.3 Å². The maximum Gasteiger partial charge on any atom is 0.161 e. The van der Waals surface area contributed by atoms with Crippen molar-refractivity contribution in [3.63, 3.8) is 0 Å². The van der Waals surface area contributed by atoms with Crippen molar-refractivity contribution in [1.82, 2.24) is 0 Å². The Bertz CT molecular complexity index is 519. The van der Waals surface area contributed by atoms with Crippen LogP contribution in [-0.2, 0) is 10.2 Å². The average Bonchev–Trinajstić information content (AvgIpc) is 2.97. The molecule has 2 nitrogen and oxygen atoms in total. The van der Waals surface area contributed by atoms with Crippen LogP contribution in [0.1, 0.15) is 12.0 Å². The molecular formula is C15H14O2. The highest BCUT2D eigenvalue weighted by molar-refractivity contribution is 5.94. The quantitative estimate of drug-likeness (QED) is 0.791. The molecular weight excluding hydrogens is 212 g/mol. The van der Waals surface area contributed by atoms with Gasteiger partial charge in [-0.1, -0.05) is 36.4 Å². The number of aliphatic hydroxyl groups excluding tert-OH is 1. The predicted octanol–water partition coefficient (Wildman–Crippen LogP) is 1.69. The Labute approximate surface area is 100.0 Å². The monoisotopic (exact) mass is 226 g/mol. The van der Waals surface area contributed by atoms with Gasteiger partial charge >= 0.3 is 0 Å². The van der Waals surface area contributed by atoms with Gasteiger partial charge in [0.25, 0.3) is 0 Å². The zero-order valence-corrected chi connectivity index (χ0v) is 9.41. The van der Waals surface area contributed by atoms with Crippen molar-refractivity contribution >= 4 is 5.78 Å². The summed E-state index contributed by atoms with van der Waals surface area (Å²) in [7, 11) is 0. The molecule has 17 heavy (non-hydrogen) atoms. The van der Waals surface area contributed by atoms with Crippen LogP contribution in [0.2, 0.25) is 0 Å². The van der Waals surface area contributed by atoms with Crippen LogP contribution >= 0.6 is 0 Å². The zero-order valence-electron chi connectivity index (χ0n) is 9.41. The van der Waals surface area contributed by atoms with E-state index in [0.29, 0.717) is 11.8 Å². The molecule has 0 amide bonds. The highest BCUT2D eigenvalue weighted by Gasteiger charge is 2.75. The van der Waals surface area contributed by atoms with E-state index in [1.54, 1.807) is 6.08 Å². The lowest BCUT2D eigenvalue weighted by Crippen LogP contribution is -2.33. The number of rotatable bonds is 1. The Balaban J connectivity index is 1.88. The van der Waals surface area contributed by atoms with Crippen molar-refractivity contribution < 1.29 is 9.90 Å². The van der Waals surface area contributed by atoms with Crippen LogP contribution in [0, 0.1) is 17.8 Å². The summed E-state index contributed by atoms with van der Waals surface area (Å²) in [6, 6.07) is 10.2. The SMILES string of the molecule is O=C1C=C[C@@H]2[C@@H]3C[C@H]1[C@@H](O)[C@]23c1ccccc1. The lowest BCUT2D eigenvalue weighted by molar-refractivity contribution is -0.121. The number of aliphatic hydroxyl groups is 1. The van der Waals surface area contributed by atoms with Gasteiger partial charge in [-0.3, -0.25) is 4.79 Å². The summed E-state index contributed by atoms with van der Waals surface area (Å²) in [5.74, 6) is 0.769. The normalized spacial score (nSPS) is 45.8. The molecule has 0 aromatic heterocycles. The van der Waals surface area contributed by atoms with Gasteiger partial charge in [-0.2, -0.15) is 0 Å². The van der Waals surface area contributed by atoms with Gasteiger partial charge < -0.3 is 5.11 Å². The smallest absolute Gasteiger partial charge is 0.161 e. The number of ketones is 1. The largest absolute Gasteiger partial charge is 0.391 e. The molecule has 0 unspecified atom stereocenters. The summed E-state index contributed by atoms with van der Waals surface area (Å²) in [4.78, 5) is 11.8. The van der Waals surface area contributed by atoms with E-state index in [4.69, 9.17) is 0 Å². The second-order valence-electron chi connectivity index (χ2n) is 5.48. The van der Waals surface area contributed by atoms with Gasteiger partial charge in [0.1, 0.15) is 0 Å². The van der Waals surface area contributed by atoms with E-state index in [2.05, 4.69) is 12.1 Å². The first-order valence-corrected chi connectivity index (χ1v) is 6.22. The molecule has 2 heteroatoms. The molecule has 1 aromatic carbocycles. The van der Waals surface area contributed by atoms with Crippen molar-refractivity contribution in [2.75, 3.05) is 0 Å². The number of hydrogen-bond acceptors (Lipinski definition) is 2. The van der Waals surface area contributed by atoms with Gasteiger partial charge in [0.15, 0.2) is 5.78 Å². The molecule has 0 heterocycles.